The van der Waals surface area contributed by atoms with E-state index < -0.39 is 10.0 Å². The Hall–Kier alpha value is -1.89. The Morgan fingerprint density at radius 3 is 2.42 bits per heavy atom. The molecule has 1 heterocycles. The lowest BCUT2D eigenvalue weighted by Gasteiger charge is -2.31. The van der Waals surface area contributed by atoms with Crippen LogP contribution < -0.4 is 9.64 Å². The predicted octanol–water partition coefficient (Wildman–Crippen LogP) is 1.40. The summed E-state index contributed by atoms with van der Waals surface area (Å²) in [6.07, 6.45) is 0. The third-order valence-corrected chi connectivity index (χ3v) is 7.03. The second-order valence-electron chi connectivity index (χ2n) is 6.93. The summed E-state index contributed by atoms with van der Waals surface area (Å²) in [7, 11) is -1.74. The van der Waals surface area contributed by atoms with Gasteiger partial charge in [0, 0.05) is 5.56 Å². The van der Waals surface area contributed by atoms with Gasteiger partial charge >= 0.3 is 0 Å². The fourth-order valence-electron chi connectivity index (χ4n) is 3.31. The molecule has 26 heavy (non-hydrogen) atoms. The van der Waals surface area contributed by atoms with Crippen molar-refractivity contribution in [1.29, 1.82) is 0 Å². The average molecular weight is 376 g/mol. The summed E-state index contributed by atoms with van der Waals surface area (Å²) in [5, 5.41) is 0. The highest BCUT2D eigenvalue weighted by Gasteiger charge is 2.30. The van der Waals surface area contributed by atoms with Crippen molar-refractivity contribution in [2.75, 3.05) is 33.3 Å². The molecule has 2 aromatic carbocycles. The Kier molecular flexibility index (Phi) is 5.65. The first-order valence-corrected chi connectivity index (χ1v) is 10.4. The second kappa shape index (κ2) is 7.78. The van der Waals surface area contributed by atoms with Crippen molar-refractivity contribution in [2.45, 2.75) is 25.3 Å². The maximum Gasteiger partial charge on any atom is 0.243 e. The minimum absolute atomic E-state index is 0.400. The summed E-state index contributed by atoms with van der Waals surface area (Å²) in [6.45, 7) is 7.54. The molecule has 0 saturated carbocycles. The zero-order valence-corrected chi connectivity index (χ0v) is 16.5. The molecule has 0 aliphatic carbocycles. The molecule has 0 bridgehead atoms. The van der Waals surface area contributed by atoms with E-state index >= 15 is 0 Å². The summed E-state index contributed by atoms with van der Waals surface area (Å²) in [5.74, 6) is 0.859. The van der Waals surface area contributed by atoms with Crippen LogP contribution in [0.5, 0.6) is 5.75 Å². The van der Waals surface area contributed by atoms with E-state index in [-0.39, 0.29) is 0 Å². The van der Waals surface area contributed by atoms with Crippen LogP contribution in [0.2, 0.25) is 0 Å². The first kappa shape index (κ1) is 18.9. The number of ether oxygens (including phenoxy) is 1. The molecule has 0 radical (unpaired) electrons. The number of hydrogen-bond acceptors (Lipinski definition) is 3. The van der Waals surface area contributed by atoms with Crippen molar-refractivity contribution >= 4 is 10.0 Å². The lowest BCUT2D eigenvalue weighted by molar-refractivity contribution is -0.917. The van der Waals surface area contributed by atoms with Crippen LogP contribution >= 0.6 is 0 Å². The SMILES string of the molecule is COc1cccc(C[NH+]2CCN(S(=O)(=O)c3ccc(C)c(C)c3)CC2)c1. The number of nitrogens with one attached hydrogen (secondary N) is 1. The molecule has 0 amide bonds. The Bertz CT molecular complexity index is 872. The molecule has 2 aromatic rings. The first-order valence-electron chi connectivity index (χ1n) is 8.94. The van der Waals surface area contributed by atoms with Gasteiger partial charge in [-0.2, -0.15) is 4.31 Å². The molecule has 0 unspecified atom stereocenters. The fraction of sp³-hybridized carbons (Fsp3) is 0.400. The van der Waals surface area contributed by atoms with Gasteiger partial charge in [0.2, 0.25) is 10.0 Å². The molecule has 1 aliphatic heterocycles. The van der Waals surface area contributed by atoms with Crippen LogP contribution in [-0.2, 0) is 16.6 Å². The van der Waals surface area contributed by atoms with Crippen LogP contribution in [0.25, 0.3) is 0 Å². The van der Waals surface area contributed by atoms with Gasteiger partial charge in [-0.05, 0) is 49.2 Å². The normalized spacial score (nSPS) is 16.6. The summed E-state index contributed by atoms with van der Waals surface area (Å²) in [4.78, 5) is 1.79. The van der Waals surface area contributed by atoms with Crippen molar-refractivity contribution in [3.05, 3.63) is 59.2 Å². The zero-order chi connectivity index (χ0) is 18.7. The molecule has 5 nitrogen and oxygen atoms in total. The Morgan fingerprint density at radius 2 is 1.77 bits per heavy atom. The van der Waals surface area contributed by atoms with Crippen LogP contribution in [-0.4, -0.2) is 46.0 Å². The van der Waals surface area contributed by atoms with Crippen molar-refractivity contribution in [3.8, 4) is 5.75 Å². The monoisotopic (exact) mass is 375 g/mol. The van der Waals surface area contributed by atoms with E-state index in [2.05, 4.69) is 6.07 Å². The highest BCUT2D eigenvalue weighted by atomic mass is 32.2. The molecular weight excluding hydrogens is 348 g/mol. The summed E-state index contributed by atoms with van der Waals surface area (Å²) in [5.41, 5.74) is 3.33. The van der Waals surface area contributed by atoms with Crippen LogP contribution in [0.3, 0.4) is 0 Å². The van der Waals surface area contributed by atoms with Crippen molar-refractivity contribution in [2.24, 2.45) is 0 Å². The molecule has 3 rings (SSSR count). The zero-order valence-electron chi connectivity index (χ0n) is 15.7. The maximum absolute atomic E-state index is 12.9. The predicted molar refractivity (Wildman–Crippen MR) is 102 cm³/mol. The molecule has 0 spiro atoms. The fourth-order valence-corrected chi connectivity index (χ4v) is 4.84. The van der Waals surface area contributed by atoms with Gasteiger partial charge in [0.1, 0.15) is 12.3 Å². The minimum Gasteiger partial charge on any atom is -0.497 e. The van der Waals surface area contributed by atoms with Gasteiger partial charge in [0.25, 0.3) is 0 Å². The third-order valence-electron chi connectivity index (χ3n) is 5.13. The Morgan fingerprint density at radius 1 is 1.04 bits per heavy atom. The van der Waals surface area contributed by atoms with E-state index in [0.717, 1.165) is 36.5 Å². The second-order valence-corrected chi connectivity index (χ2v) is 8.87. The lowest BCUT2D eigenvalue weighted by atomic mass is 10.1. The van der Waals surface area contributed by atoms with Gasteiger partial charge in [0.15, 0.2) is 0 Å². The van der Waals surface area contributed by atoms with Crippen molar-refractivity contribution in [3.63, 3.8) is 0 Å². The van der Waals surface area contributed by atoms with Gasteiger partial charge in [-0.3, -0.25) is 0 Å². The smallest absolute Gasteiger partial charge is 0.243 e. The van der Waals surface area contributed by atoms with E-state index in [1.807, 2.05) is 38.1 Å². The number of nitrogens with zero attached hydrogens (tertiary/aromatic N) is 1. The third kappa shape index (κ3) is 4.09. The number of methoxy groups -OCH3 is 1. The van der Waals surface area contributed by atoms with E-state index in [1.165, 1.54) is 10.5 Å². The minimum atomic E-state index is -3.41. The van der Waals surface area contributed by atoms with E-state index in [1.54, 1.807) is 23.5 Å². The lowest BCUT2D eigenvalue weighted by Crippen LogP contribution is -3.13. The molecule has 1 fully saturated rings. The van der Waals surface area contributed by atoms with E-state index in [0.29, 0.717) is 18.0 Å². The quantitative estimate of drug-likeness (QED) is 0.860. The molecule has 0 atom stereocenters. The van der Waals surface area contributed by atoms with Crippen molar-refractivity contribution in [1.82, 2.24) is 4.31 Å². The number of rotatable bonds is 5. The highest BCUT2D eigenvalue weighted by Crippen LogP contribution is 2.19. The van der Waals surface area contributed by atoms with Crippen LogP contribution in [0.1, 0.15) is 16.7 Å². The molecular formula is C20H27N2O3S+. The molecule has 6 heteroatoms. The van der Waals surface area contributed by atoms with Crippen LogP contribution in [0.15, 0.2) is 47.4 Å². The number of piperazine rings is 1. The van der Waals surface area contributed by atoms with Gasteiger partial charge in [-0.25, -0.2) is 8.42 Å². The molecule has 1 saturated heterocycles. The largest absolute Gasteiger partial charge is 0.497 e. The maximum atomic E-state index is 12.9. The van der Waals surface area contributed by atoms with Crippen LogP contribution in [0.4, 0.5) is 0 Å². The first-order chi connectivity index (χ1) is 12.4. The summed E-state index contributed by atoms with van der Waals surface area (Å²) >= 11 is 0. The number of benzene rings is 2. The molecule has 0 aromatic heterocycles. The Balaban J connectivity index is 1.64. The number of quaternary nitrogens is 1. The summed E-state index contributed by atoms with van der Waals surface area (Å²) in [6, 6.07) is 13.4. The van der Waals surface area contributed by atoms with Crippen molar-refractivity contribution < 1.29 is 18.1 Å². The number of aryl methyl sites for hydroxylation is 2. The molecule has 1 aliphatic rings. The van der Waals surface area contributed by atoms with Gasteiger partial charge in [0.05, 0.1) is 38.2 Å². The summed E-state index contributed by atoms with van der Waals surface area (Å²) < 4.78 is 32.7. The molecule has 1 N–H and O–H groups in total. The highest BCUT2D eigenvalue weighted by molar-refractivity contribution is 7.89. The van der Waals surface area contributed by atoms with E-state index in [9.17, 15) is 8.42 Å². The standard InChI is InChI=1S/C20H26N2O3S/c1-16-7-8-20(13-17(16)2)26(23,24)22-11-9-21(10-12-22)15-18-5-4-6-19(14-18)25-3/h4-8,13-14H,9-12,15H2,1-3H3/p+1. The number of hydrogen-bond donors (Lipinski definition) is 1. The van der Waals surface area contributed by atoms with E-state index in [4.69, 9.17) is 4.74 Å². The Labute approximate surface area is 156 Å². The van der Waals surface area contributed by atoms with Gasteiger partial charge < -0.3 is 9.64 Å². The number of sulfonamides is 1. The van der Waals surface area contributed by atoms with Crippen LogP contribution in [0, 0.1) is 13.8 Å². The van der Waals surface area contributed by atoms with Gasteiger partial charge in [-0.1, -0.05) is 18.2 Å². The average Bonchev–Trinajstić information content (AvgIpc) is 2.64. The van der Waals surface area contributed by atoms with Gasteiger partial charge in [-0.15, -0.1) is 0 Å². The molecule has 140 valence electrons. The topological polar surface area (TPSA) is 51.1 Å².